The SMILES string of the molecule is CCC(C)N(C(=N)c1ccc(OC)c2ccccc12)C(C)CC. The highest BCUT2D eigenvalue weighted by Crippen LogP contribution is 2.30. The van der Waals surface area contributed by atoms with Gasteiger partial charge in [0, 0.05) is 23.0 Å². The van der Waals surface area contributed by atoms with E-state index in [0.717, 1.165) is 34.9 Å². The summed E-state index contributed by atoms with van der Waals surface area (Å²) in [6.45, 7) is 8.76. The lowest BCUT2D eigenvalue weighted by Crippen LogP contribution is -2.44. The molecular weight excluding hydrogens is 284 g/mol. The van der Waals surface area contributed by atoms with Gasteiger partial charge in [-0.05, 0) is 44.2 Å². The van der Waals surface area contributed by atoms with Crippen molar-refractivity contribution >= 4 is 16.6 Å². The second-order valence-electron chi connectivity index (χ2n) is 6.13. The molecule has 0 bridgehead atoms. The van der Waals surface area contributed by atoms with Gasteiger partial charge in [0.25, 0.3) is 0 Å². The van der Waals surface area contributed by atoms with Crippen LogP contribution in [0.2, 0.25) is 0 Å². The first kappa shape index (κ1) is 17.3. The number of ether oxygens (including phenoxy) is 1. The molecule has 0 aliphatic heterocycles. The maximum absolute atomic E-state index is 8.85. The third-order valence-corrected chi connectivity index (χ3v) is 4.75. The zero-order valence-electron chi connectivity index (χ0n) is 14.9. The molecule has 0 spiro atoms. The molecule has 3 nitrogen and oxygen atoms in total. The molecule has 1 N–H and O–H groups in total. The zero-order chi connectivity index (χ0) is 17.0. The van der Waals surface area contributed by atoms with Gasteiger partial charge in [0.1, 0.15) is 11.6 Å². The smallest absolute Gasteiger partial charge is 0.129 e. The summed E-state index contributed by atoms with van der Waals surface area (Å²) in [5.74, 6) is 1.46. The Balaban J connectivity index is 2.56. The highest BCUT2D eigenvalue weighted by atomic mass is 16.5. The highest BCUT2D eigenvalue weighted by Gasteiger charge is 2.23. The number of hydrogen-bond acceptors (Lipinski definition) is 2. The van der Waals surface area contributed by atoms with Gasteiger partial charge in [-0.25, -0.2) is 0 Å². The van der Waals surface area contributed by atoms with E-state index in [1.54, 1.807) is 7.11 Å². The van der Waals surface area contributed by atoms with Gasteiger partial charge >= 0.3 is 0 Å². The Bertz CT molecular complexity index is 670. The molecule has 0 heterocycles. The van der Waals surface area contributed by atoms with Crippen LogP contribution >= 0.6 is 0 Å². The predicted octanol–water partition coefficient (Wildman–Crippen LogP) is 5.07. The van der Waals surface area contributed by atoms with Gasteiger partial charge in [-0.3, -0.25) is 5.41 Å². The maximum Gasteiger partial charge on any atom is 0.129 e. The Hall–Kier alpha value is -2.03. The van der Waals surface area contributed by atoms with Crippen molar-refractivity contribution in [3.8, 4) is 5.75 Å². The molecule has 2 unspecified atom stereocenters. The molecule has 0 saturated heterocycles. The Morgan fingerprint density at radius 1 is 1.00 bits per heavy atom. The molecule has 124 valence electrons. The average molecular weight is 312 g/mol. The topological polar surface area (TPSA) is 36.3 Å². The van der Waals surface area contributed by atoms with Crippen molar-refractivity contribution in [1.29, 1.82) is 5.41 Å². The summed E-state index contributed by atoms with van der Waals surface area (Å²) in [4.78, 5) is 2.24. The van der Waals surface area contributed by atoms with E-state index in [1.807, 2.05) is 24.3 Å². The molecule has 23 heavy (non-hydrogen) atoms. The van der Waals surface area contributed by atoms with E-state index < -0.39 is 0 Å². The lowest BCUT2D eigenvalue weighted by Gasteiger charge is -2.36. The number of hydrogen-bond donors (Lipinski definition) is 1. The van der Waals surface area contributed by atoms with Crippen LogP contribution in [-0.4, -0.2) is 29.9 Å². The van der Waals surface area contributed by atoms with E-state index in [1.165, 1.54) is 0 Å². The van der Waals surface area contributed by atoms with Crippen molar-refractivity contribution in [2.75, 3.05) is 7.11 Å². The number of rotatable bonds is 6. The fourth-order valence-corrected chi connectivity index (χ4v) is 3.06. The van der Waals surface area contributed by atoms with Gasteiger partial charge in [-0.2, -0.15) is 0 Å². The fourth-order valence-electron chi connectivity index (χ4n) is 3.06. The number of fused-ring (bicyclic) bond motifs is 1. The van der Waals surface area contributed by atoms with Crippen LogP contribution in [0.4, 0.5) is 0 Å². The normalized spacial score (nSPS) is 13.6. The van der Waals surface area contributed by atoms with E-state index in [9.17, 15) is 0 Å². The first-order chi connectivity index (χ1) is 11.0. The number of nitrogens with one attached hydrogen (secondary N) is 1. The van der Waals surface area contributed by atoms with Crippen LogP contribution in [0, 0.1) is 5.41 Å². The zero-order valence-corrected chi connectivity index (χ0v) is 14.9. The van der Waals surface area contributed by atoms with E-state index in [4.69, 9.17) is 10.1 Å². The molecular formula is C20H28N2O. The van der Waals surface area contributed by atoms with Crippen molar-refractivity contribution in [3.63, 3.8) is 0 Å². The number of amidine groups is 1. The lowest BCUT2D eigenvalue weighted by atomic mass is 10.00. The summed E-state index contributed by atoms with van der Waals surface area (Å²) in [7, 11) is 1.69. The van der Waals surface area contributed by atoms with Gasteiger partial charge in [0.15, 0.2) is 0 Å². The summed E-state index contributed by atoms with van der Waals surface area (Å²) in [5, 5.41) is 11.0. The second kappa shape index (κ2) is 7.49. The van der Waals surface area contributed by atoms with Crippen molar-refractivity contribution < 1.29 is 4.74 Å². The molecule has 0 aromatic heterocycles. The van der Waals surface area contributed by atoms with Crippen LogP contribution in [0.25, 0.3) is 10.8 Å². The standard InChI is InChI=1S/C20H28N2O/c1-6-14(3)22(15(4)7-2)20(21)18-12-13-19(23-5)17-11-9-8-10-16(17)18/h8-15,21H,6-7H2,1-5H3. The summed E-state index contributed by atoms with van der Waals surface area (Å²) >= 11 is 0. The van der Waals surface area contributed by atoms with Crippen molar-refractivity contribution in [2.45, 2.75) is 52.6 Å². The van der Waals surface area contributed by atoms with Gasteiger partial charge in [-0.15, -0.1) is 0 Å². The van der Waals surface area contributed by atoms with E-state index >= 15 is 0 Å². The van der Waals surface area contributed by atoms with Crippen LogP contribution < -0.4 is 4.74 Å². The summed E-state index contributed by atoms with van der Waals surface area (Å²) in [5.41, 5.74) is 0.974. The second-order valence-corrected chi connectivity index (χ2v) is 6.13. The third-order valence-electron chi connectivity index (χ3n) is 4.75. The van der Waals surface area contributed by atoms with Crippen LogP contribution in [-0.2, 0) is 0 Å². The third kappa shape index (κ3) is 3.34. The van der Waals surface area contributed by atoms with Crippen LogP contribution in [0.1, 0.15) is 46.1 Å². The van der Waals surface area contributed by atoms with Gasteiger partial charge in [-0.1, -0.05) is 38.1 Å². The van der Waals surface area contributed by atoms with E-state index in [0.29, 0.717) is 17.9 Å². The van der Waals surface area contributed by atoms with Crippen LogP contribution in [0.3, 0.4) is 0 Å². The largest absolute Gasteiger partial charge is 0.496 e. The maximum atomic E-state index is 8.85. The summed E-state index contributed by atoms with van der Waals surface area (Å²) < 4.78 is 5.48. The molecule has 0 aliphatic carbocycles. The minimum atomic E-state index is 0.346. The number of nitrogens with zero attached hydrogens (tertiary/aromatic N) is 1. The number of methoxy groups -OCH3 is 1. The van der Waals surface area contributed by atoms with Gasteiger partial charge < -0.3 is 9.64 Å². The minimum absolute atomic E-state index is 0.346. The predicted molar refractivity (Wildman–Crippen MR) is 98.7 cm³/mol. The molecule has 2 atom stereocenters. The molecule has 0 aliphatic rings. The molecule has 0 amide bonds. The molecule has 3 heteroatoms. The summed E-state index contributed by atoms with van der Waals surface area (Å²) in [6, 6.07) is 12.8. The average Bonchev–Trinajstić information content (AvgIpc) is 2.60. The van der Waals surface area contributed by atoms with Crippen LogP contribution in [0.15, 0.2) is 36.4 Å². The molecule has 2 aromatic carbocycles. The van der Waals surface area contributed by atoms with Crippen molar-refractivity contribution in [3.05, 3.63) is 42.0 Å². The Morgan fingerprint density at radius 3 is 2.09 bits per heavy atom. The minimum Gasteiger partial charge on any atom is -0.496 e. The van der Waals surface area contributed by atoms with Crippen LogP contribution in [0.5, 0.6) is 5.75 Å². The molecule has 2 aromatic rings. The fraction of sp³-hybridized carbons (Fsp3) is 0.450. The Morgan fingerprint density at radius 2 is 1.57 bits per heavy atom. The van der Waals surface area contributed by atoms with Gasteiger partial charge in [0.05, 0.1) is 7.11 Å². The molecule has 0 fully saturated rings. The van der Waals surface area contributed by atoms with Gasteiger partial charge in [0.2, 0.25) is 0 Å². The molecule has 2 rings (SSSR count). The highest BCUT2D eigenvalue weighted by molar-refractivity contribution is 6.09. The Kier molecular flexibility index (Phi) is 5.64. The lowest BCUT2D eigenvalue weighted by molar-refractivity contribution is 0.250. The van der Waals surface area contributed by atoms with Crippen molar-refractivity contribution in [1.82, 2.24) is 4.90 Å². The molecule has 0 radical (unpaired) electrons. The molecule has 0 saturated carbocycles. The first-order valence-corrected chi connectivity index (χ1v) is 8.48. The summed E-state index contributed by atoms with van der Waals surface area (Å²) in [6.07, 6.45) is 2.06. The number of benzene rings is 2. The van der Waals surface area contributed by atoms with Crippen molar-refractivity contribution in [2.24, 2.45) is 0 Å². The monoisotopic (exact) mass is 312 g/mol. The first-order valence-electron chi connectivity index (χ1n) is 8.48. The van der Waals surface area contributed by atoms with E-state index in [-0.39, 0.29) is 0 Å². The Labute approximate surface area is 139 Å². The quantitative estimate of drug-likeness (QED) is 0.597. The van der Waals surface area contributed by atoms with E-state index in [2.05, 4.69) is 44.7 Å².